The number of nitrogens with one attached hydrogen (secondary N) is 1. The molecular formula is C20H29NO. The van der Waals surface area contributed by atoms with Gasteiger partial charge in [-0.15, -0.1) is 0 Å². The molecule has 0 saturated carbocycles. The van der Waals surface area contributed by atoms with Crippen molar-refractivity contribution in [3.63, 3.8) is 0 Å². The maximum absolute atomic E-state index is 5.43. The van der Waals surface area contributed by atoms with Crippen molar-refractivity contribution in [2.75, 3.05) is 20.2 Å². The van der Waals surface area contributed by atoms with Gasteiger partial charge in [0.15, 0.2) is 0 Å². The smallest absolute Gasteiger partial charge is 0.119 e. The third-order valence-electron chi connectivity index (χ3n) is 4.84. The number of allylic oxidation sites excluding steroid dienone is 2. The van der Waals surface area contributed by atoms with Gasteiger partial charge in [-0.3, -0.25) is 0 Å². The van der Waals surface area contributed by atoms with E-state index in [4.69, 9.17) is 4.74 Å². The maximum atomic E-state index is 5.43. The Hall–Kier alpha value is -1.54. The summed E-state index contributed by atoms with van der Waals surface area (Å²) in [6.07, 6.45) is 5.49. The molecule has 0 radical (unpaired) electrons. The molecule has 1 aliphatic rings. The highest BCUT2D eigenvalue weighted by Crippen LogP contribution is 2.43. The third-order valence-corrected chi connectivity index (χ3v) is 4.84. The molecule has 1 aromatic rings. The van der Waals surface area contributed by atoms with Crippen LogP contribution in [0, 0.1) is 0 Å². The molecule has 0 heterocycles. The first kappa shape index (κ1) is 16.8. The Morgan fingerprint density at radius 3 is 2.82 bits per heavy atom. The van der Waals surface area contributed by atoms with Gasteiger partial charge in [-0.25, -0.2) is 0 Å². The van der Waals surface area contributed by atoms with E-state index in [1.54, 1.807) is 7.11 Å². The fourth-order valence-corrected chi connectivity index (χ4v) is 3.19. The van der Waals surface area contributed by atoms with E-state index in [-0.39, 0.29) is 5.41 Å². The second-order valence-electron chi connectivity index (χ2n) is 6.69. The summed E-state index contributed by atoms with van der Waals surface area (Å²) in [5, 5.41) is 3.52. The number of fused-ring (bicyclic) bond motifs is 1. The van der Waals surface area contributed by atoms with Gasteiger partial charge in [-0.1, -0.05) is 36.8 Å². The SMILES string of the molecule is C=C1CCc2ccc(OC)cc2[C@]1(C)CCNCC=C(C)C. The Labute approximate surface area is 135 Å². The lowest BCUT2D eigenvalue weighted by atomic mass is 9.66. The quantitative estimate of drug-likeness (QED) is 0.621. The minimum absolute atomic E-state index is 0.0418. The predicted molar refractivity (Wildman–Crippen MR) is 94.7 cm³/mol. The molecule has 0 fully saturated rings. The zero-order valence-corrected chi connectivity index (χ0v) is 14.5. The van der Waals surface area contributed by atoms with Gasteiger partial charge in [0.05, 0.1) is 7.11 Å². The first-order valence-electron chi connectivity index (χ1n) is 8.17. The van der Waals surface area contributed by atoms with Crippen LogP contribution >= 0.6 is 0 Å². The molecule has 2 heteroatoms. The minimum Gasteiger partial charge on any atom is -0.497 e. The van der Waals surface area contributed by atoms with Crippen LogP contribution in [0.15, 0.2) is 42.0 Å². The summed E-state index contributed by atoms with van der Waals surface area (Å²) < 4.78 is 5.43. The van der Waals surface area contributed by atoms with E-state index in [1.807, 2.05) is 0 Å². The second-order valence-corrected chi connectivity index (χ2v) is 6.69. The molecule has 1 atom stereocenters. The largest absolute Gasteiger partial charge is 0.497 e. The number of rotatable bonds is 6. The van der Waals surface area contributed by atoms with E-state index in [9.17, 15) is 0 Å². The van der Waals surface area contributed by atoms with Crippen LogP contribution in [0.1, 0.15) is 44.7 Å². The van der Waals surface area contributed by atoms with Crippen LogP contribution in [-0.2, 0) is 11.8 Å². The summed E-state index contributed by atoms with van der Waals surface area (Å²) >= 11 is 0. The van der Waals surface area contributed by atoms with Crippen molar-refractivity contribution in [2.45, 2.75) is 45.4 Å². The molecule has 1 N–H and O–H groups in total. The van der Waals surface area contributed by atoms with Crippen LogP contribution in [0.4, 0.5) is 0 Å². The Kier molecular flexibility index (Phi) is 5.47. The van der Waals surface area contributed by atoms with Gasteiger partial charge < -0.3 is 10.1 Å². The summed E-state index contributed by atoms with van der Waals surface area (Å²) in [6, 6.07) is 6.49. The normalized spacial score (nSPS) is 20.5. The molecule has 2 rings (SSSR count). The van der Waals surface area contributed by atoms with Crippen LogP contribution in [0.2, 0.25) is 0 Å². The summed E-state index contributed by atoms with van der Waals surface area (Å²) in [4.78, 5) is 0. The molecule has 0 aromatic heterocycles. The topological polar surface area (TPSA) is 21.3 Å². The van der Waals surface area contributed by atoms with E-state index in [2.05, 4.69) is 56.9 Å². The molecule has 2 nitrogen and oxygen atoms in total. The monoisotopic (exact) mass is 299 g/mol. The van der Waals surface area contributed by atoms with E-state index < -0.39 is 0 Å². The van der Waals surface area contributed by atoms with Gasteiger partial charge >= 0.3 is 0 Å². The lowest BCUT2D eigenvalue weighted by Gasteiger charge is -2.38. The van der Waals surface area contributed by atoms with Crippen molar-refractivity contribution in [1.29, 1.82) is 0 Å². The first-order chi connectivity index (χ1) is 10.5. The van der Waals surface area contributed by atoms with Gasteiger partial charge in [0.1, 0.15) is 5.75 Å². The van der Waals surface area contributed by atoms with Crippen molar-refractivity contribution in [3.05, 3.63) is 53.1 Å². The molecule has 0 aliphatic heterocycles. The number of hydrogen-bond donors (Lipinski definition) is 1. The molecule has 22 heavy (non-hydrogen) atoms. The minimum atomic E-state index is 0.0418. The van der Waals surface area contributed by atoms with Crippen molar-refractivity contribution >= 4 is 0 Å². The van der Waals surface area contributed by atoms with Crippen LogP contribution in [0.25, 0.3) is 0 Å². The summed E-state index contributed by atoms with van der Waals surface area (Å²) in [7, 11) is 1.73. The van der Waals surface area contributed by atoms with Crippen LogP contribution in [0.5, 0.6) is 5.75 Å². The Morgan fingerprint density at radius 1 is 1.36 bits per heavy atom. The van der Waals surface area contributed by atoms with E-state index in [0.717, 1.165) is 38.1 Å². The van der Waals surface area contributed by atoms with E-state index >= 15 is 0 Å². The molecule has 120 valence electrons. The average molecular weight is 299 g/mol. The van der Waals surface area contributed by atoms with Crippen LogP contribution in [-0.4, -0.2) is 20.2 Å². The highest BCUT2D eigenvalue weighted by molar-refractivity contribution is 5.48. The van der Waals surface area contributed by atoms with Crippen LogP contribution < -0.4 is 10.1 Å². The molecule has 1 aliphatic carbocycles. The Morgan fingerprint density at radius 2 is 2.14 bits per heavy atom. The highest BCUT2D eigenvalue weighted by Gasteiger charge is 2.34. The van der Waals surface area contributed by atoms with E-state index in [0.29, 0.717) is 0 Å². The molecule has 0 unspecified atom stereocenters. The number of methoxy groups -OCH3 is 1. The number of hydrogen-bond acceptors (Lipinski definition) is 2. The summed E-state index contributed by atoms with van der Waals surface area (Å²) in [5.74, 6) is 0.942. The summed E-state index contributed by atoms with van der Waals surface area (Å²) in [5.41, 5.74) is 5.58. The predicted octanol–water partition coefficient (Wildman–Crippen LogP) is 4.40. The third kappa shape index (κ3) is 3.61. The molecule has 1 aromatic carbocycles. The number of benzene rings is 1. The molecule has 0 amide bonds. The van der Waals surface area contributed by atoms with Gasteiger partial charge in [0.2, 0.25) is 0 Å². The Balaban J connectivity index is 2.14. The first-order valence-corrected chi connectivity index (χ1v) is 8.17. The highest BCUT2D eigenvalue weighted by atomic mass is 16.5. The lowest BCUT2D eigenvalue weighted by Crippen LogP contribution is -2.33. The van der Waals surface area contributed by atoms with Crippen molar-refractivity contribution in [1.82, 2.24) is 5.32 Å². The van der Waals surface area contributed by atoms with Gasteiger partial charge in [0, 0.05) is 12.0 Å². The molecule has 0 saturated heterocycles. The van der Waals surface area contributed by atoms with Crippen molar-refractivity contribution < 1.29 is 4.74 Å². The zero-order chi connectivity index (χ0) is 16.2. The fourth-order valence-electron chi connectivity index (χ4n) is 3.19. The van der Waals surface area contributed by atoms with Gasteiger partial charge in [-0.05, 0) is 62.9 Å². The molecule has 0 bridgehead atoms. The van der Waals surface area contributed by atoms with Crippen LogP contribution in [0.3, 0.4) is 0 Å². The fraction of sp³-hybridized carbons (Fsp3) is 0.500. The molecule has 0 spiro atoms. The molecular weight excluding hydrogens is 270 g/mol. The number of aryl methyl sites for hydroxylation is 1. The van der Waals surface area contributed by atoms with Gasteiger partial charge in [0.25, 0.3) is 0 Å². The average Bonchev–Trinajstić information content (AvgIpc) is 2.50. The van der Waals surface area contributed by atoms with E-state index in [1.165, 1.54) is 22.3 Å². The number of ether oxygens (including phenoxy) is 1. The van der Waals surface area contributed by atoms with Crippen molar-refractivity contribution in [3.8, 4) is 5.75 Å². The zero-order valence-electron chi connectivity index (χ0n) is 14.5. The second kappa shape index (κ2) is 7.15. The lowest BCUT2D eigenvalue weighted by molar-refractivity contribution is 0.407. The Bertz CT molecular complexity index is 569. The van der Waals surface area contributed by atoms with Gasteiger partial charge in [-0.2, -0.15) is 0 Å². The standard InChI is InChI=1S/C20H29NO/c1-15(2)10-12-21-13-11-20(4)16(3)6-7-17-8-9-18(22-5)14-19(17)20/h8-10,14,21H,3,6-7,11-13H2,1-2,4-5H3/t20-/m1/s1. The van der Waals surface area contributed by atoms with Crippen molar-refractivity contribution in [2.24, 2.45) is 0 Å². The summed E-state index contributed by atoms with van der Waals surface area (Å²) in [6.45, 7) is 12.9. The maximum Gasteiger partial charge on any atom is 0.119 e.